The molecule has 3 rings (SSSR count). The highest BCUT2D eigenvalue weighted by Gasteiger charge is 2.25. The van der Waals surface area contributed by atoms with Crippen molar-refractivity contribution < 1.29 is 9.53 Å². The van der Waals surface area contributed by atoms with Gasteiger partial charge in [0.15, 0.2) is 0 Å². The van der Waals surface area contributed by atoms with Crippen molar-refractivity contribution in [3.8, 4) is 0 Å². The summed E-state index contributed by atoms with van der Waals surface area (Å²) in [6.07, 6.45) is 2.28. The number of benzene rings is 1. The summed E-state index contributed by atoms with van der Waals surface area (Å²) < 4.78 is 5.48. The maximum Gasteiger partial charge on any atom is 0.254 e. The molecule has 0 unspecified atom stereocenters. The topological polar surface area (TPSA) is 114 Å². The molecule has 1 saturated heterocycles. The number of carbonyl (C=O) groups is 1. The minimum Gasteiger partial charge on any atom is -0.380 e. The average molecular weight is 342 g/mol. The molecule has 1 amide bonds. The Hall–Kier alpha value is -2.71. The van der Waals surface area contributed by atoms with Crippen LogP contribution in [0, 0.1) is 0 Å². The Morgan fingerprint density at radius 3 is 2.80 bits per heavy atom. The Morgan fingerprint density at radius 2 is 2.08 bits per heavy atom. The van der Waals surface area contributed by atoms with E-state index in [0.717, 1.165) is 12.1 Å². The van der Waals surface area contributed by atoms with Gasteiger partial charge in [0.2, 0.25) is 5.95 Å². The molecule has 0 spiro atoms. The first-order valence-electron chi connectivity index (χ1n) is 8.18. The highest BCUT2D eigenvalue weighted by atomic mass is 16.5. The predicted molar refractivity (Wildman–Crippen MR) is 96.0 cm³/mol. The molecule has 0 saturated carbocycles. The summed E-state index contributed by atoms with van der Waals surface area (Å²) in [6.45, 7) is 1.31. The molecule has 132 valence electrons. The van der Waals surface area contributed by atoms with E-state index in [1.165, 1.54) is 6.20 Å². The van der Waals surface area contributed by atoms with Crippen molar-refractivity contribution in [1.29, 1.82) is 0 Å². The number of amides is 1. The smallest absolute Gasteiger partial charge is 0.254 e. The summed E-state index contributed by atoms with van der Waals surface area (Å²) in [4.78, 5) is 20.3. The molecule has 0 bridgehead atoms. The number of aromatic nitrogens is 2. The van der Waals surface area contributed by atoms with E-state index < -0.39 is 5.91 Å². The number of hydrogen-bond donors (Lipinski definition) is 4. The van der Waals surface area contributed by atoms with Crippen LogP contribution in [0.2, 0.25) is 0 Å². The molecule has 0 radical (unpaired) electrons. The Kier molecular flexibility index (Phi) is 5.42. The van der Waals surface area contributed by atoms with E-state index in [4.69, 9.17) is 10.5 Å². The summed E-state index contributed by atoms with van der Waals surface area (Å²) in [5.41, 5.74) is 6.50. The predicted octanol–water partition coefficient (Wildman–Crippen LogP) is 1.11. The Labute approximate surface area is 146 Å². The van der Waals surface area contributed by atoms with Crippen molar-refractivity contribution in [3.05, 3.63) is 42.1 Å². The Morgan fingerprint density at radius 1 is 1.28 bits per heavy atom. The monoisotopic (exact) mass is 342 g/mol. The second kappa shape index (κ2) is 7.91. The van der Waals surface area contributed by atoms with E-state index in [0.29, 0.717) is 25.0 Å². The lowest BCUT2D eigenvalue weighted by Gasteiger charge is -2.31. The van der Waals surface area contributed by atoms with Gasteiger partial charge < -0.3 is 26.4 Å². The lowest BCUT2D eigenvalue weighted by Crippen LogP contribution is -2.49. The third-order valence-corrected chi connectivity index (χ3v) is 4.13. The van der Waals surface area contributed by atoms with E-state index in [9.17, 15) is 4.79 Å². The molecule has 1 aliphatic heterocycles. The summed E-state index contributed by atoms with van der Waals surface area (Å²) in [6, 6.07) is 9.78. The molecular formula is C17H22N6O2. The van der Waals surface area contributed by atoms with Crippen LogP contribution in [0.5, 0.6) is 0 Å². The van der Waals surface area contributed by atoms with Crippen LogP contribution in [0.25, 0.3) is 0 Å². The molecule has 2 aromatic rings. The normalized spacial score (nSPS) is 20.0. The molecule has 25 heavy (non-hydrogen) atoms. The van der Waals surface area contributed by atoms with Gasteiger partial charge in [-0.05, 0) is 25.6 Å². The van der Waals surface area contributed by atoms with Gasteiger partial charge in [0.05, 0.1) is 12.6 Å². The quantitative estimate of drug-likeness (QED) is 0.622. The largest absolute Gasteiger partial charge is 0.380 e. The van der Waals surface area contributed by atoms with Crippen LogP contribution >= 0.6 is 0 Å². The minimum absolute atomic E-state index is 0.141. The van der Waals surface area contributed by atoms with Gasteiger partial charge in [-0.2, -0.15) is 4.98 Å². The number of nitrogens with one attached hydrogen (secondary N) is 3. The lowest BCUT2D eigenvalue weighted by molar-refractivity contribution is 0.0656. The van der Waals surface area contributed by atoms with E-state index in [-0.39, 0.29) is 17.6 Å². The number of nitrogens with zero attached hydrogens (tertiary/aromatic N) is 2. The van der Waals surface area contributed by atoms with E-state index in [1.54, 1.807) is 0 Å². The third kappa shape index (κ3) is 4.23. The van der Waals surface area contributed by atoms with Gasteiger partial charge in [0.25, 0.3) is 5.91 Å². The lowest BCUT2D eigenvalue weighted by atomic mass is 10.0. The molecule has 2 heterocycles. The summed E-state index contributed by atoms with van der Waals surface area (Å²) in [5, 5.41) is 9.67. The number of anilines is 3. The van der Waals surface area contributed by atoms with E-state index >= 15 is 0 Å². The first-order valence-corrected chi connectivity index (χ1v) is 8.18. The first kappa shape index (κ1) is 17.1. The van der Waals surface area contributed by atoms with Crippen LogP contribution in [0.4, 0.5) is 17.5 Å². The minimum atomic E-state index is -0.579. The van der Waals surface area contributed by atoms with Gasteiger partial charge in [0, 0.05) is 24.5 Å². The number of rotatable bonds is 6. The van der Waals surface area contributed by atoms with Crippen molar-refractivity contribution in [1.82, 2.24) is 15.3 Å². The Balaban J connectivity index is 1.83. The highest BCUT2D eigenvalue weighted by molar-refractivity contribution is 5.98. The highest BCUT2D eigenvalue weighted by Crippen LogP contribution is 2.20. The molecule has 8 heteroatoms. The SMILES string of the molecule is CN[C@H]1COCC[C@H]1Nc1ncc(C(N)=O)c(Nc2ccccc2)n1. The van der Waals surface area contributed by atoms with Crippen molar-refractivity contribution >= 4 is 23.4 Å². The number of hydrogen-bond acceptors (Lipinski definition) is 7. The van der Waals surface area contributed by atoms with Crippen molar-refractivity contribution in [3.63, 3.8) is 0 Å². The molecule has 1 aromatic carbocycles. The molecule has 0 aliphatic carbocycles. The van der Waals surface area contributed by atoms with Crippen molar-refractivity contribution in [2.75, 3.05) is 30.9 Å². The van der Waals surface area contributed by atoms with Crippen molar-refractivity contribution in [2.24, 2.45) is 5.73 Å². The van der Waals surface area contributed by atoms with Crippen LogP contribution in [0.15, 0.2) is 36.5 Å². The summed E-state index contributed by atoms with van der Waals surface area (Å²) in [5.74, 6) is 0.240. The summed E-state index contributed by atoms with van der Waals surface area (Å²) in [7, 11) is 1.90. The zero-order chi connectivity index (χ0) is 17.6. The molecular weight excluding hydrogens is 320 g/mol. The fraction of sp³-hybridized carbons (Fsp3) is 0.353. The van der Waals surface area contributed by atoms with Gasteiger partial charge in [-0.1, -0.05) is 18.2 Å². The third-order valence-electron chi connectivity index (χ3n) is 4.13. The maximum atomic E-state index is 11.7. The fourth-order valence-corrected chi connectivity index (χ4v) is 2.75. The fourth-order valence-electron chi connectivity index (χ4n) is 2.75. The number of nitrogens with two attached hydrogens (primary N) is 1. The number of primary amides is 1. The molecule has 8 nitrogen and oxygen atoms in total. The molecule has 5 N–H and O–H groups in total. The van der Waals surface area contributed by atoms with Crippen LogP contribution in [0.1, 0.15) is 16.8 Å². The summed E-state index contributed by atoms with van der Waals surface area (Å²) >= 11 is 0. The first-order chi connectivity index (χ1) is 12.2. The number of carbonyl (C=O) groups excluding carboxylic acids is 1. The Bertz CT molecular complexity index is 724. The van der Waals surface area contributed by atoms with Gasteiger partial charge in [-0.3, -0.25) is 4.79 Å². The van der Waals surface area contributed by atoms with Crippen LogP contribution in [0.3, 0.4) is 0 Å². The number of para-hydroxylation sites is 1. The molecule has 1 fully saturated rings. The molecule has 1 aromatic heterocycles. The zero-order valence-corrected chi connectivity index (χ0v) is 14.0. The second-order valence-corrected chi connectivity index (χ2v) is 5.82. The van der Waals surface area contributed by atoms with Gasteiger partial charge >= 0.3 is 0 Å². The zero-order valence-electron chi connectivity index (χ0n) is 14.0. The molecule has 1 aliphatic rings. The van der Waals surface area contributed by atoms with Crippen LogP contribution in [-0.2, 0) is 4.74 Å². The van der Waals surface area contributed by atoms with Crippen LogP contribution in [-0.4, -0.2) is 48.2 Å². The standard InChI is InChI=1S/C17H22N6O2/c1-19-14-10-25-8-7-13(14)22-17-20-9-12(15(18)24)16(23-17)21-11-5-3-2-4-6-11/h2-6,9,13-14,19H,7-8,10H2,1H3,(H2,18,24)(H2,20,21,22,23)/t13-,14+/m1/s1. The number of likely N-dealkylation sites (N-methyl/N-ethyl adjacent to an activating group) is 1. The van der Waals surface area contributed by atoms with E-state index in [2.05, 4.69) is 25.9 Å². The average Bonchev–Trinajstić information content (AvgIpc) is 2.63. The maximum absolute atomic E-state index is 11.7. The van der Waals surface area contributed by atoms with Gasteiger partial charge in [-0.25, -0.2) is 4.98 Å². The van der Waals surface area contributed by atoms with E-state index in [1.807, 2.05) is 37.4 Å². The number of ether oxygens (including phenoxy) is 1. The second-order valence-electron chi connectivity index (χ2n) is 5.82. The van der Waals surface area contributed by atoms with Gasteiger partial charge in [-0.15, -0.1) is 0 Å². The van der Waals surface area contributed by atoms with Gasteiger partial charge in [0.1, 0.15) is 11.4 Å². The van der Waals surface area contributed by atoms with Crippen molar-refractivity contribution in [2.45, 2.75) is 18.5 Å². The molecule has 2 atom stereocenters. The van der Waals surface area contributed by atoms with Crippen LogP contribution < -0.4 is 21.7 Å².